The maximum Gasteiger partial charge on any atom is 0.338 e. The molecule has 1 aromatic carbocycles. The van der Waals surface area contributed by atoms with Crippen LogP contribution in [0.3, 0.4) is 0 Å². The molecule has 34 heavy (non-hydrogen) atoms. The number of benzene rings is 1. The fraction of sp³-hybridized carbons (Fsp3) is 0.292. The Morgan fingerprint density at radius 1 is 1.24 bits per heavy atom. The van der Waals surface area contributed by atoms with Crippen LogP contribution in [0.15, 0.2) is 34.9 Å². The molecule has 0 unspecified atom stereocenters. The van der Waals surface area contributed by atoms with Crippen LogP contribution in [0.2, 0.25) is 0 Å². The quantitative estimate of drug-likeness (QED) is 0.528. The normalized spacial score (nSPS) is 12.1. The molecular weight excluding hydrogens is 442 g/mol. The third kappa shape index (κ3) is 4.41. The molecule has 0 spiro atoms. The van der Waals surface area contributed by atoms with Crippen molar-refractivity contribution in [3.8, 4) is 23.3 Å². The Bertz CT molecular complexity index is 1250. The number of aromatic nitrogens is 1. The number of amides is 1. The van der Waals surface area contributed by atoms with E-state index in [0.29, 0.717) is 54.1 Å². The predicted octanol–water partition coefficient (Wildman–Crippen LogP) is 3.19. The van der Waals surface area contributed by atoms with E-state index in [1.165, 1.54) is 19.2 Å². The number of furan rings is 1. The van der Waals surface area contributed by atoms with E-state index in [-0.39, 0.29) is 5.56 Å². The first kappa shape index (κ1) is 22.8. The molecule has 176 valence electrons. The standard InChI is InChI=1S/C24H23N3O7/c1-14-15(2)27(12-17-5-4-6-31-17)23(18(14)11-25)26-21(28)13-34-24(29)16-9-19(30-3)22-20(10-16)32-7-8-33-22/h4-6,9-10H,7-8,12-13H2,1-3H3,(H,26,28). The molecular formula is C24H23N3O7. The number of rotatable bonds is 7. The molecule has 0 atom stereocenters. The summed E-state index contributed by atoms with van der Waals surface area (Å²) in [7, 11) is 1.45. The van der Waals surface area contributed by atoms with Gasteiger partial charge in [0.15, 0.2) is 18.1 Å². The summed E-state index contributed by atoms with van der Waals surface area (Å²) in [5.41, 5.74) is 2.04. The molecule has 0 radical (unpaired) electrons. The molecule has 3 heterocycles. The van der Waals surface area contributed by atoms with Crippen LogP contribution in [-0.4, -0.2) is 43.4 Å². The van der Waals surface area contributed by atoms with Crippen molar-refractivity contribution in [3.05, 3.63) is 58.7 Å². The number of esters is 1. The Morgan fingerprint density at radius 3 is 2.74 bits per heavy atom. The first-order valence-corrected chi connectivity index (χ1v) is 10.5. The first-order valence-electron chi connectivity index (χ1n) is 10.5. The van der Waals surface area contributed by atoms with Crippen molar-refractivity contribution in [1.82, 2.24) is 4.57 Å². The minimum Gasteiger partial charge on any atom is -0.493 e. The van der Waals surface area contributed by atoms with Crippen LogP contribution in [-0.2, 0) is 16.1 Å². The summed E-state index contributed by atoms with van der Waals surface area (Å²) in [6.45, 7) is 4.15. The molecule has 10 nitrogen and oxygen atoms in total. The molecule has 1 aliphatic rings. The molecule has 0 bridgehead atoms. The van der Waals surface area contributed by atoms with Gasteiger partial charge in [-0.2, -0.15) is 5.26 Å². The zero-order valence-electron chi connectivity index (χ0n) is 19.0. The van der Waals surface area contributed by atoms with Gasteiger partial charge in [-0.25, -0.2) is 4.79 Å². The van der Waals surface area contributed by atoms with Gasteiger partial charge in [-0.15, -0.1) is 0 Å². The molecule has 0 fully saturated rings. The molecule has 3 aromatic rings. The number of ether oxygens (including phenoxy) is 4. The number of nitriles is 1. The van der Waals surface area contributed by atoms with Crippen molar-refractivity contribution in [3.63, 3.8) is 0 Å². The topological polar surface area (TPSA) is 125 Å². The lowest BCUT2D eigenvalue weighted by Crippen LogP contribution is -2.23. The Balaban J connectivity index is 1.48. The van der Waals surface area contributed by atoms with Gasteiger partial charge in [0.25, 0.3) is 5.91 Å². The van der Waals surface area contributed by atoms with Gasteiger partial charge >= 0.3 is 5.97 Å². The van der Waals surface area contributed by atoms with Gasteiger partial charge in [0.1, 0.15) is 30.9 Å². The van der Waals surface area contributed by atoms with Crippen molar-refractivity contribution in [2.45, 2.75) is 20.4 Å². The second-order valence-electron chi connectivity index (χ2n) is 7.54. The van der Waals surface area contributed by atoms with Gasteiger partial charge in [0.05, 0.1) is 31.0 Å². The fourth-order valence-corrected chi connectivity index (χ4v) is 3.66. The zero-order chi connectivity index (χ0) is 24.2. The summed E-state index contributed by atoms with van der Waals surface area (Å²) in [4.78, 5) is 25.2. The number of fused-ring (bicyclic) bond motifs is 1. The van der Waals surface area contributed by atoms with Crippen LogP contribution in [0.25, 0.3) is 0 Å². The first-order chi connectivity index (χ1) is 16.4. The van der Waals surface area contributed by atoms with Crippen molar-refractivity contribution in [2.75, 3.05) is 32.2 Å². The summed E-state index contributed by atoms with van der Waals surface area (Å²) in [5, 5.41) is 12.3. The van der Waals surface area contributed by atoms with Crippen molar-refractivity contribution in [1.29, 1.82) is 5.26 Å². The number of hydrogen-bond acceptors (Lipinski definition) is 8. The van der Waals surface area contributed by atoms with Crippen molar-refractivity contribution in [2.24, 2.45) is 0 Å². The fourth-order valence-electron chi connectivity index (χ4n) is 3.66. The number of hydrogen-bond donors (Lipinski definition) is 1. The number of carbonyl (C=O) groups is 2. The molecule has 10 heteroatoms. The molecule has 1 N–H and O–H groups in total. The van der Waals surface area contributed by atoms with Crippen LogP contribution < -0.4 is 19.5 Å². The zero-order valence-corrected chi connectivity index (χ0v) is 19.0. The number of nitrogens with zero attached hydrogens (tertiary/aromatic N) is 2. The van der Waals surface area contributed by atoms with Gasteiger partial charge in [0.2, 0.25) is 5.75 Å². The van der Waals surface area contributed by atoms with Gasteiger partial charge in [-0.1, -0.05) is 0 Å². The Morgan fingerprint density at radius 2 is 2.03 bits per heavy atom. The third-order valence-electron chi connectivity index (χ3n) is 5.49. The second kappa shape index (κ2) is 9.62. The molecule has 4 rings (SSSR count). The lowest BCUT2D eigenvalue weighted by molar-refractivity contribution is -0.119. The van der Waals surface area contributed by atoms with Gasteiger partial charge < -0.3 is 33.2 Å². The Labute approximate surface area is 195 Å². The third-order valence-corrected chi connectivity index (χ3v) is 5.49. The SMILES string of the molecule is COc1cc(C(=O)OCC(=O)Nc2c(C#N)c(C)c(C)n2Cc2ccco2)cc2c1OCCO2. The summed E-state index contributed by atoms with van der Waals surface area (Å²) in [6.07, 6.45) is 1.55. The van der Waals surface area contributed by atoms with E-state index in [0.717, 1.165) is 11.3 Å². The van der Waals surface area contributed by atoms with Gasteiger partial charge in [0, 0.05) is 5.69 Å². The number of anilines is 1. The highest BCUT2D eigenvalue weighted by Crippen LogP contribution is 2.40. The number of nitrogens with one attached hydrogen (secondary N) is 1. The highest BCUT2D eigenvalue weighted by atomic mass is 16.6. The van der Waals surface area contributed by atoms with Crippen molar-refractivity contribution >= 4 is 17.7 Å². The van der Waals surface area contributed by atoms with E-state index >= 15 is 0 Å². The smallest absolute Gasteiger partial charge is 0.338 e. The molecule has 1 amide bonds. The van der Waals surface area contributed by atoms with E-state index < -0.39 is 18.5 Å². The maximum atomic E-state index is 12.6. The van der Waals surface area contributed by atoms with Gasteiger partial charge in [-0.3, -0.25) is 4.79 Å². The summed E-state index contributed by atoms with van der Waals surface area (Å²) >= 11 is 0. The minimum absolute atomic E-state index is 0.152. The highest BCUT2D eigenvalue weighted by molar-refractivity contribution is 5.96. The monoisotopic (exact) mass is 465 g/mol. The van der Waals surface area contributed by atoms with Crippen LogP contribution in [0.1, 0.15) is 32.9 Å². The van der Waals surface area contributed by atoms with Crippen LogP contribution >= 0.6 is 0 Å². The van der Waals surface area contributed by atoms with Crippen LogP contribution in [0.5, 0.6) is 17.2 Å². The second-order valence-corrected chi connectivity index (χ2v) is 7.54. The van der Waals surface area contributed by atoms with Crippen molar-refractivity contribution < 1.29 is 33.0 Å². The molecule has 2 aromatic heterocycles. The lowest BCUT2D eigenvalue weighted by Gasteiger charge is -2.21. The largest absolute Gasteiger partial charge is 0.493 e. The van der Waals surface area contributed by atoms with E-state index in [2.05, 4.69) is 11.4 Å². The minimum atomic E-state index is -0.732. The summed E-state index contributed by atoms with van der Waals surface area (Å²) < 4.78 is 28.7. The van der Waals surface area contributed by atoms with E-state index in [9.17, 15) is 14.9 Å². The average Bonchev–Trinajstić information content (AvgIpc) is 3.44. The van der Waals surface area contributed by atoms with E-state index in [4.69, 9.17) is 23.4 Å². The average molecular weight is 465 g/mol. The molecule has 0 aliphatic carbocycles. The van der Waals surface area contributed by atoms with Crippen LogP contribution in [0, 0.1) is 25.2 Å². The Kier molecular flexibility index (Phi) is 6.45. The number of methoxy groups -OCH3 is 1. The molecule has 1 aliphatic heterocycles. The summed E-state index contributed by atoms with van der Waals surface area (Å²) in [5.74, 6) is 0.760. The lowest BCUT2D eigenvalue weighted by atomic mass is 10.1. The molecule has 0 saturated heterocycles. The van der Waals surface area contributed by atoms with Crippen LogP contribution in [0.4, 0.5) is 5.82 Å². The number of carbonyl (C=O) groups excluding carboxylic acids is 2. The van der Waals surface area contributed by atoms with Gasteiger partial charge in [-0.05, 0) is 43.7 Å². The molecule has 0 saturated carbocycles. The summed E-state index contributed by atoms with van der Waals surface area (Å²) in [6, 6.07) is 8.63. The predicted molar refractivity (Wildman–Crippen MR) is 119 cm³/mol. The Hall–Kier alpha value is -4.39. The maximum absolute atomic E-state index is 12.6. The van der Waals surface area contributed by atoms with E-state index in [1.54, 1.807) is 29.9 Å². The van der Waals surface area contributed by atoms with E-state index in [1.807, 2.05) is 6.92 Å². The highest BCUT2D eigenvalue weighted by Gasteiger charge is 2.23.